The Kier molecular flexibility index (Phi) is 6.31. The fraction of sp³-hybridized carbons (Fsp3) is 0.458. The van der Waals surface area contributed by atoms with Crippen molar-refractivity contribution in [1.29, 1.82) is 0 Å². The monoisotopic (exact) mass is 450 g/mol. The van der Waals surface area contributed by atoms with Crippen LogP contribution in [-0.4, -0.2) is 36.7 Å². The molecular formula is C24H30N6O3. The Morgan fingerprint density at radius 1 is 1.21 bits per heavy atom. The first-order chi connectivity index (χ1) is 15.7. The molecule has 0 fully saturated rings. The van der Waals surface area contributed by atoms with Gasteiger partial charge in [-0.1, -0.05) is 44.5 Å². The molecule has 1 aromatic carbocycles. The lowest BCUT2D eigenvalue weighted by Crippen LogP contribution is -2.30. The van der Waals surface area contributed by atoms with Gasteiger partial charge in [-0.3, -0.25) is 14.2 Å². The van der Waals surface area contributed by atoms with E-state index in [1.54, 1.807) is 4.57 Å². The first-order valence-corrected chi connectivity index (χ1v) is 11.3. The SMILES string of the molecule is Cc1ccc2c(c1)c1ncn(Cc3nc(C(C)C)no3)c(=O)c1n2CC(=O)NCCC(C)C. The lowest BCUT2D eigenvalue weighted by atomic mass is 10.1. The third kappa shape index (κ3) is 4.67. The minimum Gasteiger partial charge on any atom is -0.355 e. The van der Waals surface area contributed by atoms with Crippen LogP contribution in [0.25, 0.3) is 21.9 Å². The van der Waals surface area contributed by atoms with Crippen LogP contribution in [0.3, 0.4) is 0 Å². The molecular weight excluding hydrogens is 420 g/mol. The molecule has 9 nitrogen and oxygen atoms in total. The number of carbonyl (C=O) groups is 1. The van der Waals surface area contributed by atoms with Crippen molar-refractivity contribution in [2.45, 2.75) is 60.0 Å². The fourth-order valence-corrected chi connectivity index (χ4v) is 3.80. The molecule has 0 atom stereocenters. The Labute approximate surface area is 191 Å². The van der Waals surface area contributed by atoms with Crippen LogP contribution in [0.4, 0.5) is 0 Å². The second-order valence-corrected chi connectivity index (χ2v) is 9.22. The van der Waals surface area contributed by atoms with Crippen molar-refractivity contribution in [2.24, 2.45) is 5.92 Å². The van der Waals surface area contributed by atoms with Gasteiger partial charge in [0.1, 0.15) is 24.1 Å². The number of aromatic nitrogens is 5. The van der Waals surface area contributed by atoms with Crippen molar-refractivity contribution in [3.63, 3.8) is 0 Å². The fourth-order valence-electron chi connectivity index (χ4n) is 3.80. The van der Waals surface area contributed by atoms with E-state index in [-0.39, 0.29) is 30.5 Å². The van der Waals surface area contributed by atoms with Crippen LogP contribution < -0.4 is 10.9 Å². The van der Waals surface area contributed by atoms with Gasteiger partial charge in [-0.25, -0.2) is 4.98 Å². The topological polar surface area (TPSA) is 108 Å². The van der Waals surface area contributed by atoms with E-state index >= 15 is 0 Å². The third-order valence-corrected chi connectivity index (χ3v) is 5.63. The van der Waals surface area contributed by atoms with E-state index in [1.165, 1.54) is 10.9 Å². The molecule has 0 aliphatic carbocycles. The molecule has 0 aliphatic heterocycles. The summed E-state index contributed by atoms with van der Waals surface area (Å²) in [6.07, 6.45) is 2.40. The first-order valence-electron chi connectivity index (χ1n) is 11.3. The van der Waals surface area contributed by atoms with Gasteiger partial charge in [-0.05, 0) is 31.4 Å². The van der Waals surface area contributed by atoms with E-state index < -0.39 is 0 Å². The average Bonchev–Trinajstić information content (AvgIpc) is 3.33. The Balaban J connectivity index is 1.76. The standard InChI is InChI=1S/C24H30N6O3/c1-14(2)8-9-25-19(31)11-30-18-7-6-16(5)10-17(18)21-22(30)24(32)29(13-26-21)12-20-27-23(15(3)4)28-33-20/h6-7,10,13-15H,8-9,11-12H2,1-5H3,(H,25,31). The second kappa shape index (κ2) is 9.17. The van der Waals surface area contributed by atoms with E-state index in [9.17, 15) is 9.59 Å². The van der Waals surface area contributed by atoms with E-state index in [1.807, 2.05) is 39.0 Å². The van der Waals surface area contributed by atoms with Crippen LogP contribution in [-0.2, 0) is 17.9 Å². The van der Waals surface area contributed by atoms with Gasteiger partial charge in [0.15, 0.2) is 5.82 Å². The van der Waals surface area contributed by atoms with Crippen molar-refractivity contribution in [3.05, 3.63) is 52.2 Å². The van der Waals surface area contributed by atoms with Crippen molar-refractivity contribution in [1.82, 2.24) is 29.6 Å². The highest BCUT2D eigenvalue weighted by atomic mass is 16.5. The first kappa shape index (κ1) is 22.7. The maximum Gasteiger partial charge on any atom is 0.278 e. The van der Waals surface area contributed by atoms with Gasteiger partial charge in [0.2, 0.25) is 11.8 Å². The van der Waals surface area contributed by atoms with Crippen molar-refractivity contribution in [2.75, 3.05) is 6.54 Å². The normalized spacial score (nSPS) is 11.8. The number of hydrogen-bond acceptors (Lipinski definition) is 6. The molecule has 33 heavy (non-hydrogen) atoms. The third-order valence-electron chi connectivity index (χ3n) is 5.63. The summed E-state index contributed by atoms with van der Waals surface area (Å²) in [6, 6.07) is 5.90. The summed E-state index contributed by atoms with van der Waals surface area (Å²) in [5, 5.41) is 7.78. The molecule has 3 heterocycles. The molecule has 0 aliphatic rings. The number of amides is 1. The van der Waals surface area contributed by atoms with Gasteiger partial charge in [-0.2, -0.15) is 4.98 Å². The molecule has 0 spiro atoms. The van der Waals surface area contributed by atoms with E-state index in [2.05, 4.69) is 34.3 Å². The Hall–Kier alpha value is -3.49. The molecule has 4 aromatic rings. The van der Waals surface area contributed by atoms with Crippen LogP contribution >= 0.6 is 0 Å². The number of hydrogen-bond donors (Lipinski definition) is 1. The molecule has 0 radical (unpaired) electrons. The lowest BCUT2D eigenvalue weighted by molar-refractivity contribution is -0.121. The summed E-state index contributed by atoms with van der Waals surface area (Å²) in [5.41, 5.74) is 2.57. The molecule has 1 amide bonds. The highest BCUT2D eigenvalue weighted by molar-refractivity contribution is 6.06. The van der Waals surface area contributed by atoms with Gasteiger partial charge in [0.25, 0.3) is 5.56 Å². The Morgan fingerprint density at radius 2 is 2.00 bits per heavy atom. The lowest BCUT2D eigenvalue weighted by Gasteiger charge is -2.10. The predicted molar refractivity (Wildman–Crippen MR) is 126 cm³/mol. The van der Waals surface area contributed by atoms with Crippen LogP contribution in [0.5, 0.6) is 0 Å². The zero-order chi connectivity index (χ0) is 23.7. The zero-order valence-electron chi connectivity index (χ0n) is 19.8. The molecule has 174 valence electrons. The number of aryl methyl sites for hydroxylation is 1. The van der Waals surface area contributed by atoms with Crippen molar-refractivity contribution in [3.8, 4) is 0 Å². The number of carbonyl (C=O) groups excluding carboxylic acids is 1. The second-order valence-electron chi connectivity index (χ2n) is 9.22. The van der Waals surface area contributed by atoms with Crippen molar-refractivity contribution < 1.29 is 9.32 Å². The summed E-state index contributed by atoms with van der Waals surface area (Å²) in [5.74, 6) is 1.42. The summed E-state index contributed by atoms with van der Waals surface area (Å²) in [4.78, 5) is 35.2. The highest BCUT2D eigenvalue weighted by Crippen LogP contribution is 2.26. The molecule has 9 heteroatoms. The molecule has 0 unspecified atom stereocenters. The van der Waals surface area contributed by atoms with E-state index in [4.69, 9.17) is 4.52 Å². The van der Waals surface area contributed by atoms with Gasteiger partial charge in [0, 0.05) is 17.8 Å². The summed E-state index contributed by atoms with van der Waals surface area (Å²) in [6.45, 7) is 10.9. The molecule has 1 N–H and O–H groups in total. The number of nitrogens with one attached hydrogen (secondary N) is 1. The molecule has 4 rings (SSSR count). The minimum atomic E-state index is -0.256. The smallest absolute Gasteiger partial charge is 0.278 e. The summed E-state index contributed by atoms with van der Waals surface area (Å²) < 4.78 is 8.51. The molecule has 3 aromatic heterocycles. The molecule has 0 bridgehead atoms. The largest absolute Gasteiger partial charge is 0.355 e. The van der Waals surface area contributed by atoms with Crippen LogP contribution in [0.1, 0.15) is 57.3 Å². The Morgan fingerprint density at radius 3 is 2.70 bits per heavy atom. The summed E-state index contributed by atoms with van der Waals surface area (Å²) >= 11 is 0. The quantitative estimate of drug-likeness (QED) is 0.441. The highest BCUT2D eigenvalue weighted by Gasteiger charge is 2.19. The van der Waals surface area contributed by atoms with E-state index in [0.29, 0.717) is 35.2 Å². The van der Waals surface area contributed by atoms with Gasteiger partial charge >= 0.3 is 0 Å². The zero-order valence-corrected chi connectivity index (χ0v) is 19.8. The molecule has 0 saturated carbocycles. The number of benzene rings is 1. The summed E-state index contributed by atoms with van der Waals surface area (Å²) in [7, 11) is 0. The number of fused-ring (bicyclic) bond motifs is 3. The average molecular weight is 451 g/mol. The Bertz CT molecular complexity index is 1360. The van der Waals surface area contributed by atoms with Crippen LogP contribution in [0.15, 0.2) is 33.8 Å². The van der Waals surface area contributed by atoms with Crippen molar-refractivity contribution >= 4 is 27.8 Å². The maximum absolute atomic E-state index is 13.5. The van der Waals surface area contributed by atoms with Gasteiger partial charge in [0.05, 0.1) is 11.8 Å². The van der Waals surface area contributed by atoms with Gasteiger partial charge < -0.3 is 14.4 Å². The minimum absolute atomic E-state index is 0.0418. The maximum atomic E-state index is 13.5. The van der Waals surface area contributed by atoms with Crippen LogP contribution in [0.2, 0.25) is 0 Å². The van der Waals surface area contributed by atoms with E-state index in [0.717, 1.165) is 22.9 Å². The number of rotatable bonds is 8. The number of nitrogens with zero attached hydrogens (tertiary/aromatic N) is 5. The van der Waals surface area contributed by atoms with Crippen LogP contribution in [0, 0.1) is 12.8 Å². The predicted octanol–water partition coefficient (Wildman–Crippen LogP) is 3.38. The molecule has 0 saturated heterocycles. The van der Waals surface area contributed by atoms with Gasteiger partial charge in [-0.15, -0.1) is 0 Å².